The van der Waals surface area contributed by atoms with Crippen molar-refractivity contribution in [2.24, 2.45) is 28.8 Å². The third-order valence-electron chi connectivity index (χ3n) is 14.0. The van der Waals surface area contributed by atoms with Crippen LogP contribution < -0.4 is 14.8 Å². The zero-order chi connectivity index (χ0) is 43.5. The Bertz CT molecular complexity index is 1580. The zero-order valence-electron chi connectivity index (χ0n) is 37.9. The van der Waals surface area contributed by atoms with E-state index < -0.39 is 23.8 Å². The molecule has 342 valence electrons. The average molecular weight is 850 g/mol. The summed E-state index contributed by atoms with van der Waals surface area (Å²) in [5.74, 6) is 0.0268. The molecular weight excluding hydrogens is 771 g/mol. The van der Waals surface area contributed by atoms with E-state index in [4.69, 9.17) is 19.0 Å². The summed E-state index contributed by atoms with van der Waals surface area (Å²) >= 11 is 0. The highest BCUT2D eigenvalue weighted by atomic mass is 16.7. The summed E-state index contributed by atoms with van der Waals surface area (Å²) < 4.78 is 20.2. The van der Waals surface area contributed by atoms with E-state index in [2.05, 4.69) is 30.1 Å². The number of oxime groups is 1. The number of hydrogen-bond donors (Lipinski definition) is 3. The minimum atomic E-state index is -1.29. The standard InChI is InChI=1S/C50H79N3O8/c1-5-7-8-9-10-11-12-13-14-19-30-51-49(57)60-39-27-28-44-42(35-39)47-40(25-18-21-32-55)38(24-17-20-31-54)34-41-43(52-58-4)36-45(50(61-44,48(41)47)59-33-6-2)53(3)46(56)29-26-37-22-15-16-23-37/h6,27-28,34-35,37-38,40,45,47-48,54-55H,2,5,7-26,29-33,36H2,1,3-4H3,(H,51,57). The van der Waals surface area contributed by atoms with Gasteiger partial charge in [0.1, 0.15) is 24.7 Å². The molecule has 61 heavy (non-hydrogen) atoms. The van der Waals surface area contributed by atoms with Crippen LogP contribution in [-0.4, -0.2) is 85.2 Å². The van der Waals surface area contributed by atoms with Crippen molar-refractivity contribution in [3.8, 4) is 11.5 Å². The number of aliphatic hydroxyl groups is 2. The number of hydrogen-bond acceptors (Lipinski definition) is 9. The van der Waals surface area contributed by atoms with Gasteiger partial charge >= 0.3 is 6.09 Å². The first-order valence-electron chi connectivity index (χ1n) is 24.1. The van der Waals surface area contributed by atoms with Gasteiger partial charge in [-0.05, 0) is 80.1 Å². The average Bonchev–Trinajstić information content (AvgIpc) is 3.79. The molecule has 1 aliphatic heterocycles. The maximum Gasteiger partial charge on any atom is 0.412 e. The van der Waals surface area contributed by atoms with Crippen LogP contribution in [0, 0.1) is 23.7 Å². The number of unbranched alkanes of at least 4 members (excludes halogenated alkanes) is 11. The number of fused-ring (bicyclic) bond motifs is 2. The predicted octanol–water partition coefficient (Wildman–Crippen LogP) is 10.4. The molecule has 11 heteroatoms. The summed E-state index contributed by atoms with van der Waals surface area (Å²) in [6.07, 6.45) is 27.1. The van der Waals surface area contributed by atoms with Gasteiger partial charge in [0.2, 0.25) is 11.7 Å². The predicted molar refractivity (Wildman–Crippen MR) is 242 cm³/mol. The van der Waals surface area contributed by atoms with Crippen molar-refractivity contribution in [2.75, 3.05) is 40.5 Å². The first-order valence-corrected chi connectivity index (χ1v) is 24.1. The highest BCUT2D eigenvalue weighted by Gasteiger charge is 2.65. The lowest BCUT2D eigenvalue weighted by Crippen LogP contribution is -2.69. The molecule has 1 aromatic carbocycles. The number of carbonyl (C=O) groups excluding carboxylic acids is 2. The summed E-state index contributed by atoms with van der Waals surface area (Å²) in [5, 5.41) is 27.3. The first kappa shape index (κ1) is 48.6. The molecular formula is C50H79N3O8. The Balaban J connectivity index is 1.46. The van der Waals surface area contributed by atoms with Gasteiger partial charge in [0.15, 0.2) is 0 Å². The minimum absolute atomic E-state index is 0.0540. The third-order valence-corrected chi connectivity index (χ3v) is 14.0. The third kappa shape index (κ3) is 13.1. The molecule has 1 heterocycles. The smallest absolute Gasteiger partial charge is 0.412 e. The molecule has 0 aromatic heterocycles. The molecule has 0 saturated heterocycles. The molecule has 2 saturated carbocycles. The maximum absolute atomic E-state index is 14.2. The summed E-state index contributed by atoms with van der Waals surface area (Å²) in [6.45, 7) is 7.26. The van der Waals surface area contributed by atoms with E-state index in [-0.39, 0.29) is 43.5 Å². The largest absolute Gasteiger partial charge is 0.459 e. The molecule has 6 atom stereocenters. The fourth-order valence-electron chi connectivity index (χ4n) is 10.8. The van der Waals surface area contributed by atoms with Crippen LogP contribution in [0.3, 0.4) is 0 Å². The van der Waals surface area contributed by atoms with E-state index in [1.54, 1.807) is 19.3 Å². The van der Waals surface area contributed by atoms with Crippen LogP contribution in [0.15, 0.2) is 47.7 Å². The lowest BCUT2D eigenvalue weighted by Gasteiger charge is -2.59. The molecule has 3 N–H and O–H groups in total. The van der Waals surface area contributed by atoms with Crippen molar-refractivity contribution < 1.29 is 38.9 Å². The van der Waals surface area contributed by atoms with Gasteiger partial charge < -0.3 is 39.5 Å². The zero-order valence-corrected chi connectivity index (χ0v) is 37.9. The number of nitrogens with zero attached hydrogens (tertiary/aromatic N) is 2. The Morgan fingerprint density at radius 1 is 0.951 bits per heavy atom. The molecule has 1 aromatic rings. The van der Waals surface area contributed by atoms with Crippen LogP contribution in [0.2, 0.25) is 0 Å². The van der Waals surface area contributed by atoms with Gasteiger partial charge in [0, 0.05) is 51.1 Å². The Kier molecular flexibility index (Phi) is 20.4. The molecule has 6 unspecified atom stereocenters. The molecule has 11 nitrogen and oxygen atoms in total. The number of allylic oxidation sites excluding steroid dienone is 1. The Labute approximate surface area is 367 Å². The lowest BCUT2D eigenvalue weighted by atomic mass is 9.55. The van der Waals surface area contributed by atoms with Crippen molar-refractivity contribution in [1.82, 2.24) is 10.2 Å². The number of amides is 2. The summed E-state index contributed by atoms with van der Waals surface area (Å²) in [7, 11) is 3.43. The number of ether oxygens (including phenoxy) is 3. The van der Waals surface area contributed by atoms with Gasteiger partial charge in [0.05, 0.1) is 18.2 Å². The minimum Gasteiger partial charge on any atom is -0.459 e. The van der Waals surface area contributed by atoms with Crippen molar-refractivity contribution in [2.45, 2.75) is 172 Å². The van der Waals surface area contributed by atoms with E-state index in [1.165, 1.54) is 77.0 Å². The van der Waals surface area contributed by atoms with E-state index in [0.29, 0.717) is 49.6 Å². The van der Waals surface area contributed by atoms with Gasteiger partial charge in [-0.25, -0.2) is 4.79 Å². The Hall–Kier alpha value is -3.41. The fourth-order valence-corrected chi connectivity index (χ4v) is 10.8. The lowest BCUT2D eigenvalue weighted by molar-refractivity contribution is -0.255. The maximum atomic E-state index is 14.2. The van der Waals surface area contributed by atoms with E-state index in [0.717, 1.165) is 61.8 Å². The van der Waals surface area contributed by atoms with Gasteiger partial charge in [-0.2, -0.15) is 0 Å². The SMILES string of the molecule is C=CCOC12Oc3ccc(OC(=O)NCCCCCCCCCCCC)cc3C3C(CCCCO)C(CCCCO)C=C(C(=NOC)CC1N(C)C(=O)CCC1CCCC1)C32. The highest BCUT2D eigenvalue weighted by molar-refractivity contribution is 6.03. The van der Waals surface area contributed by atoms with Crippen LogP contribution in [0.4, 0.5) is 4.79 Å². The van der Waals surface area contributed by atoms with E-state index in [1.807, 2.05) is 24.1 Å². The fraction of sp³-hybridized carbons (Fsp3) is 0.740. The van der Waals surface area contributed by atoms with E-state index in [9.17, 15) is 19.8 Å². The number of benzene rings is 1. The van der Waals surface area contributed by atoms with Crippen molar-refractivity contribution in [3.05, 3.63) is 48.1 Å². The van der Waals surface area contributed by atoms with Crippen molar-refractivity contribution in [1.29, 1.82) is 0 Å². The molecule has 0 bridgehead atoms. The molecule has 2 amide bonds. The molecule has 5 rings (SSSR count). The monoisotopic (exact) mass is 850 g/mol. The number of carbonyl (C=O) groups is 2. The topological polar surface area (TPSA) is 139 Å². The molecule has 0 spiro atoms. The molecule has 0 radical (unpaired) electrons. The van der Waals surface area contributed by atoms with Gasteiger partial charge in [-0.3, -0.25) is 4.79 Å². The second-order valence-electron chi connectivity index (χ2n) is 18.1. The first-order chi connectivity index (χ1) is 29.8. The van der Waals surface area contributed by atoms with Crippen LogP contribution >= 0.6 is 0 Å². The van der Waals surface area contributed by atoms with Crippen LogP contribution in [0.1, 0.15) is 166 Å². The number of likely N-dealkylation sites (N-methyl/N-ethyl adjacent to an activating group) is 1. The molecule has 4 aliphatic rings. The van der Waals surface area contributed by atoms with Crippen LogP contribution in [0.5, 0.6) is 11.5 Å². The van der Waals surface area contributed by atoms with E-state index >= 15 is 0 Å². The van der Waals surface area contributed by atoms with Gasteiger partial charge in [0.25, 0.3) is 0 Å². The van der Waals surface area contributed by atoms with Crippen molar-refractivity contribution in [3.63, 3.8) is 0 Å². The second kappa shape index (κ2) is 25.6. The normalized spacial score (nSPS) is 25.0. The molecule has 3 aliphatic carbocycles. The number of nitrogens with one attached hydrogen (secondary N) is 1. The van der Waals surface area contributed by atoms with Crippen LogP contribution in [-0.2, 0) is 14.4 Å². The molecule has 2 fully saturated rings. The second-order valence-corrected chi connectivity index (χ2v) is 18.1. The number of aliphatic hydroxyl groups excluding tert-OH is 2. The van der Waals surface area contributed by atoms with Crippen molar-refractivity contribution >= 4 is 17.7 Å². The number of rotatable bonds is 28. The van der Waals surface area contributed by atoms with Gasteiger partial charge in [-0.15, -0.1) is 6.58 Å². The summed E-state index contributed by atoms with van der Waals surface area (Å²) in [4.78, 5) is 34.8. The Morgan fingerprint density at radius 2 is 1.64 bits per heavy atom. The highest BCUT2D eigenvalue weighted by Crippen LogP contribution is 2.62. The van der Waals surface area contributed by atoms with Gasteiger partial charge in [-0.1, -0.05) is 121 Å². The summed E-state index contributed by atoms with van der Waals surface area (Å²) in [5.41, 5.74) is 2.67. The quantitative estimate of drug-likeness (QED) is 0.0430. The van der Waals surface area contributed by atoms with Crippen LogP contribution in [0.25, 0.3) is 0 Å². The Morgan fingerprint density at radius 3 is 2.31 bits per heavy atom. The summed E-state index contributed by atoms with van der Waals surface area (Å²) in [6, 6.07) is 5.09.